The molecule has 0 bridgehead atoms. The SMILES string of the molecule is CC(NC(=S)Nc1ccccc1Cl)c1ccc(N2CCCC2)cc1. The Labute approximate surface area is 154 Å². The topological polar surface area (TPSA) is 27.3 Å². The maximum absolute atomic E-state index is 6.15. The van der Waals surface area contributed by atoms with Gasteiger partial charge in [0, 0.05) is 18.8 Å². The van der Waals surface area contributed by atoms with Crippen molar-refractivity contribution in [2.24, 2.45) is 0 Å². The first-order chi connectivity index (χ1) is 11.6. The normalized spacial score (nSPS) is 15.2. The average molecular weight is 360 g/mol. The van der Waals surface area contributed by atoms with Gasteiger partial charge in [-0.1, -0.05) is 35.9 Å². The van der Waals surface area contributed by atoms with Crippen molar-refractivity contribution < 1.29 is 0 Å². The molecule has 1 aliphatic heterocycles. The second-order valence-electron chi connectivity index (χ2n) is 6.09. The molecule has 1 saturated heterocycles. The molecule has 2 aromatic rings. The lowest BCUT2D eigenvalue weighted by molar-refractivity contribution is 0.722. The first kappa shape index (κ1) is 17.1. The van der Waals surface area contributed by atoms with Crippen LogP contribution < -0.4 is 15.5 Å². The van der Waals surface area contributed by atoms with Gasteiger partial charge in [0.05, 0.1) is 16.8 Å². The third-order valence-corrected chi connectivity index (χ3v) is 4.88. The molecule has 1 heterocycles. The molecule has 0 radical (unpaired) electrons. The molecule has 24 heavy (non-hydrogen) atoms. The fourth-order valence-corrected chi connectivity index (χ4v) is 3.42. The van der Waals surface area contributed by atoms with Crippen molar-refractivity contribution in [2.75, 3.05) is 23.3 Å². The molecule has 126 valence electrons. The number of thiocarbonyl (C=S) groups is 1. The van der Waals surface area contributed by atoms with Gasteiger partial charge in [0.2, 0.25) is 0 Å². The number of anilines is 2. The standard InChI is InChI=1S/C19H22ClN3S/c1-14(21-19(24)22-18-7-3-2-6-17(18)20)15-8-10-16(11-9-15)23-12-4-5-13-23/h2-3,6-11,14H,4-5,12-13H2,1H3,(H2,21,22,24). The molecule has 1 unspecified atom stereocenters. The summed E-state index contributed by atoms with van der Waals surface area (Å²) < 4.78 is 0. The summed E-state index contributed by atoms with van der Waals surface area (Å²) >= 11 is 11.5. The Morgan fingerprint density at radius 1 is 1.08 bits per heavy atom. The summed E-state index contributed by atoms with van der Waals surface area (Å²) in [4.78, 5) is 2.44. The van der Waals surface area contributed by atoms with E-state index in [1.807, 2.05) is 24.3 Å². The molecule has 0 aliphatic carbocycles. The van der Waals surface area contributed by atoms with E-state index >= 15 is 0 Å². The summed E-state index contributed by atoms with van der Waals surface area (Å²) in [7, 11) is 0. The predicted molar refractivity (Wildman–Crippen MR) is 107 cm³/mol. The van der Waals surface area contributed by atoms with Crippen LogP contribution in [0, 0.1) is 0 Å². The second kappa shape index (κ2) is 7.86. The first-order valence-electron chi connectivity index (χ1n) is 8.30. The van der Waals surface area contributed by atoms with Crippen molar-refractivity contribution in [3.63, 3.8) is 0 Å². The molecule has 2 aromatic carbocycles. The van der Waals surface area contributed by atoms with Crippen molar-refractivity contribution in [3.05, 3.63) is 59.1 Å². The maximum Gasteiger partial charge on any atom is 0.171 e. The zero-order valence-electron chi connectivity index (χ0n) is 13.8. The lowest BCUT2D eigenvalue weighted by Crippen LogP contribution is -2.31. The molecular formula is C19H22ClN3S. The van der Waals surface area contributed by atoms with E-state index in [4.69, 9.17) is 23.8 Å². The van der Waals surface area contributed by atoms with Crippen molar-refractivity contribution in [1.29, 1.82) is 0 Å². The molecular weight excluding hydrogens is 338 g/mol. The summed E-state index contributed by atoms with van der Waals surface area (Å²) in [6.07, 6.45) is 2.59. The molecule has 3 rings (SSSR count). The average Bonchev–Trinajstić information content (AvgIpc) is 3.11. The smallest absolute Gasteiger partial charge is 0.171 e. The van der Waals surface area contributed by atoms with E-state index in [0.29, 0.717) is 10.1 Å². The van der Waals surface area contributed by atoms with Gasteiger partial charge in [0.25, 0.3) is 0 Å². The first-order valence-corrected chi connectivity index (χ1v) is 9.09. The largest absolute Gasteiger partial charge is 0.372 e. The fourth-order valence-electron chi connectivity index (χ4n) is 2.95. The number of para-hydroxylation sites is 1. The minimum atomic E-state index is 0.125. The van der Waals surface area contributed by atoms with Crippen LogP contribution in [0.4, 0.5) is 11.4 Å². The van der Waals surface area contributed by atoms with Crippen LogP contribution in [0.1, 0.15) is 31.4 Å². The monoisotopic (exact) mass is 359 g/mol. The Balaban J connectivity index is 1.58. The van der Waals surface area contributed by atoms with Gasteiger partial charge in [0.15, 0.2) is 5.11 Å². The number of nitrogens with one attached hydrogen (secondary N) is 2. The Morgan fingerprint density at radius 2 is 1.75 bits per heavy atom. The van der Waals surface area contributed by atoms with Gasteiger partial charge in [-0.3, -0.25) is 0 Å². The van der Waals surface area contributed by atoms with Crippen LogP contribution in [0.25, 0.3) is 0 Å². The van der Waals surface area contributed by atoms with Crippen molar-refractivity contribution in [1.82, 2.24) is 5.32 Å². The number of hydrogen-bond acceptors (Lipinski definition) is 2. The Hall–Kier alpha value is -1.78. The fraction of sp³-hybridized carbons (Fsp3) is 0.316. The number of hydrogen-bond donors (Lipinski definition) is 2. The van der Waals surface area contributed by atoms with Gasteiger partial charge in [-0.15, -0.1) is 0 Å². The Bertz CT molecular complexity index is 696. The molecule has 5 heteroatoms. The number of rotatable bonds is 4. The number of halogens is 1. The van der Waals surface area contributed by atoms with E-state index in [1.54, 1.807) is 0 Å². The van der Waals surface area contributed by atoms with E-state index < -0.39 is 0 Å². The summed E-state index contributed by atoms with van der Waals surface area (Å²) in [5.74, 6) is 0. The maximum atomic E-state index is 6.15. The summed E-state index contributed by atoms with van der Waals surface area (Å²) in [6.45, 7) is 4.43. The number of benzene rings is 2. The molecule has 1 aliphatic rings. The molecule has 0 amide bonds. The highest BCUT2D eigenvalue weighted by Crippen LogP contribution is 2.23. The van der Waals surface area contributed by atoms with Gasteiger partial charge in [-0.05, 0) is 61.8 Å². The Kier molecular flexibility index (Phi) is 5.59. The van der Waals surface area contributed by atoms with Crippen LogP contribution in [0.2, 0.25) is 5.02 Å². The zero-order chi connectivity index (χ0) is 16.9. The van der Waals surface area contributed by atoms with Gasteiger partial charge < -0.3 is 15.5 Å². The molecule has 0 saturated carbocycles. The van der Waals surface area contributed by atoms with Gasteiger partial charge in [0.1, 0.15) is 0 Å². The van der Waals surface area contributed by atoms with E-state index in [9.17, 15) is 0 Å². The quantitative estimate of drug-likeness (QED) is 0.752. The molecule has 2 N–H and O–H groups in total. The molecule has 1 fully saturated rings. The highest BCUT2D eigenvalue weighted by atomic mass is 35.5. The van der Waals surface area contributed by atoms with Crippen molar-refractivity contribution in [2.45, 2.75) is 25.8 Å². The van der Waals surface area contributed by atoms with Crippen LogP contribution in [-0.2, 0) is 0 Å². The minimum absolute atomic E-state index is 0.125. The Morgan fingerprint density at radius 3 is 2.42 bits per heavy atom. The summed E-state index contributed by atoms with van der Waals surface area (Å²) in [6, 6.07) is 16.4. The zero-order valence-corrected chi connectivity index (χ0v) is 15.3. The van der Waals surface area contributed by atoms with Crippen molar-refractivity contribution >= 4 is 40.3 Å². The lowest BCUT2D eigenvalue weighted by atomic mass is 10.1. The lowest BCUT2D eigenvalue weighted by Gasteiger charge is -2.20. The van der Waals surface area contributed by atoms with Crippen LogP contribution in [-0.4, -0.2) is 18.2 Å². The van der Waals surface area contributed by atoms with E-state index in [-0.39, 0.29) is 6.04 Å². The molecule has 1 atom stereocenters. The predicted octanol–water partition coefficient (Wildman–Crippen LogP) is 4.99. The highest BCUT2D eigenvalue weighted by Gasteiger charge is 2.13. The van der Waals surface area contributed by atoms with Gasteiger partial charge >= 0.3 is 0 Å². The highest BCUT2D eigenvalue weighted by molar-refractivity contribution is 7.80. The van der Waals surface area contributed by atoms with Crippen LogP contribution in [0.3, 0.4) is 0 Å². The van der Waals surface area contributed by atoms with E-state index in [0.717, 1.165) is 5.69 Å². The second-order valence-corrected chi connectivity index (χ2v) is 6.90. The van der Waals surface area contributed by atoms with Crippen LogP contribution in [0.5, 0.6) is 0 Å². The van der Waals surface area contributed by atoms with Crippen LogP contribution in [0.15, 0.2) is 48.5 Å². The third-order valence-electron chi connectivity index (χ3n) is 4.33. The van der Waals surface area contributed by atoms with Crippen molar-refractivity contribution in [3.8, 4) is 0 Å². The third kappa shape index (κ3) is 4.19. The summed E-state index contributed by atoms with van der Waals surface area (Å²) in [5, 5.41) is 7.68. The molecule has 3 nitrogen and oxygen atoms in total. The molecule has 0 aromatic heterocycles. The minimum Gasteiger partial charge on any atom is -0.372 e. The number of nitrogens with zero attached hydrogens (tertiary/aromatic N) is 1. The van der Waals surface area contributed by atoms with E-state index in [1.165, 1.54) is 37.2 Å². The molecule has 0 spiro atoms. The van der Waals surface area contributed by atoms with Crippen LogP contribution >= 0.6 is 23.8 Å². The van der Waals surface area contributed by atoms with Gasteiger partial charge in [-0.25, -0.2) is 0 Å². The van der Waals surface area contributed by atoms with E-state index in [2.05, 4.69) is 46.7 Å². The van der Waals surface area contributed by atoms with Gasteiger partial charge in [-0.2, -0.15) is 0 Å². The summed E-state index contributed by atoms with van der Waals surface area (Å²) in [5.41, 5.74) is 3.33.